The third kappa shape index (κ3) is 2.79. The lowest BCUT2D eigenvalue weighted by Gasteiger charge is -2.22. The van der Waals surface area contributed by atoms with Crippen molar-refractivity contribution in [3.63, 3.8) is 0 Å². The average Bonchev–Trinajstić information content (AvgIpc) is 2.56. The fraction of sp³-hybridized carbons (Fsp3) is 0.333. The van der Waals surface area contributed by atoms with E-state index in [0.717, 1.165) is 23.5 Å². The van der Waals surface area contributed by atoms with E-state index in [1.165, 1.54) is 37.7 Å². The van der Waals surface area contributed by atoms with Crippen LogP contribution in [0.2, 0.25) is 0 Å². The van der Waals surface area contributed by atoms with Gasteiger partial charge in [0.15, 0.2) is 6.29 Å². The van der Waals surface area contributed by atoms with Crippen LogP contribution in [0.5, 0.6) is 0 Å². The quantitative estimate of drug-likeness (QED) is 0.759. The molecular weight excluding hydrogens is 246 g/mol. The number of carbonyl (C=O) groups is 1. The summed E-state index contributed by atoms with van der Waals surface area (Å²) in [5, 5.41) is 0. The minimum atomic E-state index is 0.618. The second-order valence-electron chi connectivity index (χ2n) is 5.55. The van der Waals surface area contributed by atoms with Crippen LogP contribution in [0.25, 0.3) is 11.3 Å². The van der Waals surface area contributed by atoms with Crippen molar-refractivity contribution in [3.8, 4) is 11.3 Å². The monoisotopic (exact) mass is 265 g/mol. The molecule has 2 heteroatoms. The maximum atomic E-state index is 10.6. The zero-order valence-electron chi connectivity index (χ0n) is 11.6. The topological polar surface area (TPSA) is 30.0 Å². The molecule has 2 nitrogen and oxygen atoms in total. The van der Waals surface area contributed by atoms with Crippen LogP contribution in [0.4, 0.5) is 0 Å². The second kappa shape index (κ2) is 6.00. The van der Waals surface area contributed by atoms with Crippen molar-refractivity contribution in [1.82, 2.24) is 4.98 Å². The SMILES string of the molecule is O=Cc1ccc(-c2ccc(C3CCCCC3)cc2)nc1. The molecule has 0 bridgehead atoms. The van der Waals surface area contributed by atoms with E-state index < -0.39 is 0 Å². The first-order valence-corrected chi connectivity index (χ1v) is 7.38. The van der Waals surface area contributed by atoms with Crippen molar-refractivity contribution in [2.75, 3.05) is 0 Å². The van der Waals surface area contributed by atoms with Gasteiger partial charge in [0, 0.05) is 17.3 Å². The first-order chi connectivity index (χ1) is 9.86. The number of hydrogen-bond donors (Lipinski definition) is 0. The molecule has 1 aliphatic rings. The Morgan fingerprint density at radius 2 is 1.70 bits per heavy atom. The smallest absolute Gasteiger partial charge is 0.151 e. The van der Waals surface area contributed by atoms with Gasteiger partial charge in [0.05, 0.1) is 5.69 Å². The average molecular weight is 265 g/mol. The minimum absolute atomic E-state index is 0.618. The van der Waals surface area contributed by atoms with Gasteiger partial charge in [-0.3, -0.25) is 9.78 Å². The molecule has 3 rings (SSSR count). The summed E-state index contributed by atoms with van der Waals surface area (Å²) in [6, 6.07) is 12.5. The van der Waals surface area contributed by atoms with Crippen LogP contribution >= 0.6 is 0 Å². The third-order valence-corrected chi connectivity index (χ3v) is 4.21. The third-order valence-electron chi connectivity index (χ3n) is 4.21. The van der Waals surface area contributed by atoms with E-state index in [1.54, 1.807) is 6.20 Å². The number of carbonyl (C=O) groups excluding carboxylic acids is 1. The molecule has 1 fully saturated rings. The molecule has 0 saturated heterocycles. The molecule has 1 heterocycles. The molecule has 1 saturated carbocycles. The maximum Gasteiger partial charge on any atom is 0.151 e. The van der Waals surface area contributed by atoms with Gasteiger partial charge < -0.3 is 0 Å². The van der Waals surface area contributed by atoms with Crippen molar-refractivity contribution in [3.05, 3.63) is 53.7 Å². The summed E-state index contributed by atoms with van der Waals surface area (Å²) in [6.07, 6.45) is 9.21. The fourth-order valence-electron chi connectivity index (χ4n) is 3.01. The predicted octanol–water partition coefficient (Wildman–Crippen LogP) is 4.61. The van der Waals surface area contributed by atoms with Crippen LogP contribution in [0.15, 0.2) is 42.6 Å². The van der Waals surface area contributed by atoms with E-state index in [2.05, 4.69) is 29.2 Å². The van der Waals surface area contributed by atoms with Gasteiger partial charge in [0.1, 0.15) is 0 Å². The van der Waals surface area contributed by atoms with Crippen molar-refractivity contribution < 1.29 is 4.79 Å². The normalized spacial score (nSPS) is 16.0. The second-order valence-corrected chi connectivity index (χ2v) is 5.55. The molecule has 0 amide bonds. The fourth-order valence-corrected chi connectivity index (χ4v) is 3.01. The van der Waals surface area contributed by atoms with Crippen LogP contribution in [0.3, 0.4) is 0 Å². The maximum absolute atomic E-state index is 10.6. The van der Waals surface area contributed by atoms with Crippen LogP contribution < -0.4 is 0 Å². The number of aldehydes is 1. The standard InChI is InChI=1S/C18H19NO/c20-13-14-6-11-18(19-12-14)17-9-7-16(8-10-17)15-4-2-1-3-5-15/h6-13,15H,1-5H2. The lowest BCUT2D eigenvalue weighted by molar-refractivity contribution is 0.112. The zero-order valence-corrected chi connectivity index (χ0v) is 11.6. The van der Waals surface area contributed by atoms with Gasteiger partial charge in [0.2, 0.25) is 0 Å². The summed E-state index contributed by atoms with van der Waals surface area (Å²) in [4.78, 5) is 15.0. The molecule has 20 heavy (non-hydrogen) atoms. The van der Waals surface area contributed by atoms with Gasteiger partial charge in [-0.15, -0.1) is 0 Å². The number of aromatic nitrogens is 1. The van der Waals surface area contributed by atoms with Gasteiger partial charge in [-0.1, -0.05) is 43.5 Å². The Balaban J connectivity index is 1.79. The Kier molecular flexibility index (Phi) is 3.91. The molecule has 1 aromatic heterocycles. The van der Waals surface area contributed by atoms with E-state index >= 15 is 0 Å². The Hall–Kier alpha value is -1.96. The number of benzene rings is 1. The highest BCUT2D eigenvalue weighted by Crippen LogP contribution is 2.33. The van der Waals surface area contributed by atoms with E-state index in [1.807, 2.05) is 12.1 Å². The first kappa shape index (κ1) is 13.0. The van der Waals surface area contributed by atoms with Crippen molar-refractivity contribution >= 4 is 6.29 Å². The van der Waals surface area contributed by atoms with Crippen LogP contribution in [0, 0.1) is 0 Å². The molecule has 0 radical (unpaired) electrons. The molecule has 0 N–H and O–H groups in total. The predicted molar refractivity (Wildman–Crippen MR) is 80.9 cm³/mol. The van der Waals surface area contributed by atoms with Crippen LogP contribution in [-0.2, 0) is 0 Å². The molecule has 0 atom stereocenters. The number of nitrogens with zero attached hydrogens (tertiary/aromatic N) is 1. The molecule has 0 unspecified atom stereocenters. The molecule has 1 aliphatic carbocycles. The highest BCUT2D eigenvalue weighted by atomic mass is 16.1. The number of rotatable bonds is 3. The Morgan fingerprint density at radius 1 is 0.950 bits per heavy atom. The van der Waals surface area contributed by atoms with Crippen molar-refractivity contribution in [2.45, 2.75) is 38.0 Å². The van der Waals surface area contributed by atoms with Crippen molar-refractivity contribution in [2.24, 2.45) is 0 Å². The Morgan fingerprint density at radius 3 is 2.30 bits per heavy atom. The summed E-state index contributed by atoms with van der Waals surface area (Å²) >= 11 is 0. The highest BCUT2D eigenvalue weighted by Gasteiger charge is 2.15. The van der Waals surface area contributed by atoms with E-state index in [0.29, 0.717) is 5.56 Å². The molecule has 0 spiro atoms. The van der Waals surface area contributed by atoms with Crippen molar-refractivity contribution in [1.29, 1.82) is 0 Å². The summed E-state index contributed by atoms with van der Waals surface area (Å²) in [6.45, 7) is 0. The largest absolute Gasteiger partial charge is 0.298 e. The summed E-state index contributed by atoms with van der Waals surface area (Å²) < 4.78 is 0. The first-order valence-electron chi connectivity index (χ1n) is 7.38. The number of hydrogen-bond acceptors (Lipinski definition) is 2. The Labute approximate surface area is 119 Å². The highest BCUT2D eigenvalue weighted by molar-refractivity contribution is 5.75. The molecule has 102 valence electrons. The minimum Gasteiger partial charge on any atom is -0.298 e. The zero-order chi connectivity index (χ0) is 13.8. The summed E-state index contributed by atoms with van der Waals surface area (Å²) in [5.74, 6) is 0.739. The molecule has 2 aromatic rings. The van der Waals surface area contributed by atoms with Crippen LogP contribution in [-0.4, -0.2) is 11.3 Å². The van der Waals surface area contributed by atoms with Crippen LogP contribution in [0.1, 0.15) is 53.9 Å². The lowest BCUT2D eigenvalue weighted by atomic mass is 9.84. The molecule has 1 aromatic carbocycles. The van der Waals surface area contributed by atoms with Gasteiger partial charge in [-0.2, -0.15) is 0 Å². The van der Waals surface area contributed by atoms with Gasteiger partial charge in [-0.25, -0.2) is 0 Å². The van der Waals surface area contributed by atoms with Gasteiger partial charge in [0.25, 0.3) is 0 Å². The lowest BCUT2D eigenvalue weighted by Crippen LogP contribution is -2.04. The van der Waals surface area contributed by atoms with Gasteiger partial charge >= 0.3 is 0 Å². The molecule has 0 aliphatic heterocycles. The van der Waals surface area contributed by atoms with Gasteiger partial charge in [-0.05, 0) is 36.5 Å². The molecular formula is C18H19NO. The van der Waals surface area contributed by atoms with E-state index in [9.17, 15) is 4.79 Å². The Bertz CT molecular complexity index is 565. The summed E-state index contributed by atoms with van der Waals surface area (Å²) in [7, 11) is 0. The summed E-state index contributed by atoms with van der Waals surface area (Å²) in [5.41, 5.74) is 4.11. The van der Waals surface area contributed by atoms with E-state index in [4.69, 9.17) is 0 Å². The number of pyridine rings is 1. The van der Waals surface area contributed by atoms with E-state index in [-0.39, 0.29) is 0 Å².